The molecular formula is C21H21NO6. The van der Waals surface area contributed by atoms with Gasteiger partial charge in [-0.3, -0.25) is 9.59 Å². The smallest absolute Gasteiger partial charge is 0.303 e. The Hall–Kier alpha value is -3.48. The summed E-state index contributed by atoms with van der Waals surface area (Å²) in [5.41, 5.74) is 1.60. The van der Waals surface area contributed by atoms with E-state index in [1.54, 1.807) is 43.3 Å². The molecule has 0 radical (unpaired) electrons. The first kappa shape index (κ1) is 19.3. The number of carboxylic acids is 1. The Morgan fingerprint density at radius 1 is 1.11 bits per heavy atom. The summed E-state index contributed by atoms with van der Waals surface area (Å²) in [6, 6.07) is 13.7. The van der Waals surface area contributed by atoms with E-state index in [9.17, 15) is 14.7 Å². The number of aromatic hydroxyl groups is 1. The Kier molecular flexibility index (Phi) is 5.84. The number of hydrogen-bond acceptors (Lipinski definition) is 5. The van der Waals surface area contributed by atoms with Gasteiger partial charge in [0.2, 0.25) is 5.91 Å². The lowest BCUT2D eigenvalue weighted by Gasteiger charge is -2.10. The summed E-state index contributed by atoms with van der Waals surface area (Å²) in [4.78, 5) is 22.3. The van der Waals surface area contributed by atoms with Crippen LogP contribution in [0.5, 0.6) is 11.5 Å². The maximum atomic E-state index is 11.8. The summed E-state index contributed by atoms with van der Waals surface area (Å²) in [7, 11) is 0. The van der Waals surface area contributed by atoms with Gasteiger partial charge in [-0.25, -0.2) is 0 Å². The van der Waals surface area contributed by atoms with Crippen LogP contribution < -0.4 is 10.1 Å². The third kappa shape index (κ3) is 5.03. The van der Waals surface area contributed by atoms with Crippen molar-refractivity contribution in [2.45, 2.75) is 32.4 Å². The largest absolute Gasteiger partial charge is 0.508 e. The quantitative estimate of drug-likeness (QED) is 0.546. The Labute approximate surface area is 161 Å². The van der Waals surface area contributed by atoms with Crippen molar-refractivity contribution in [1.29, 1.82) is 0 Å². The molecule has 3 N–H and O–H groups in total. The molecule has 0 aliphatic carbocycles. The van der Waals surface area contributed by atoms with E-state index >= 15 is 0 Å². The van der Waals surface area contributed by atoms with Gasteiger partial charge in [0.25, 0.3) is 0 Å². The van der Waals surface area contributed by atoms with Gasteiger partial charge in [-0.05, 0) is 48.9 Å². The van der Waals surface area contributed by atoms with Gasteiger partial charge in [0.05, 0.1) is 12.5 Å². The Balaban J connectivity index is 1.64. The molecule has 7 heteroatoms. The minimum absolute atomic E-state index is 0.0743. The average molecular weight is 383 g/mol. The molecule has 0 saturated heterocycles. The normalized spacial score (nSPS) is 11.9. The fourth-order valence-corrected chi connectivity index (χ4v) is 2.71. The molecule has 1 amide bonds. The van der Waals surface area contributed by atoms with Crippen LogP contribution in [0.2, 0.25) is 0 Å². The maximum absolute atomic E-state index is 11.8. The summed E-state index contributed by atoms with van der Waals surface area (Å²) in [5.74, 6) is 0.111. The molecule has 0 aliphatic rings. The molecule has 0 saturated carbocycles. The van der Waals surface area contributed by atoms with E-state index in [4.69, 9.17) is 14.3 Å². The molecule has 0 spiro atoms. The van der Waals surface area contributed by atoms with E-state index in [1.807, 2.05) is 12.1 Å². The summed E-state index contributed by atoms with van der Waals surface area (Å²) >= 11 is 0. The molecule has 3 rings (SSSR count). The van der Waals surface area contributed by atoms with Crippen LogP contribution in [0.25, 0.3) is 11.0 Å². The summed E-state index contributed by atoms with van der Waals surface area (Å²) in [5, 5.41) is 21.5. The van der Waals surface area contributed by atoms with Crippen molar-refractivity contribution in [3.05, 3.63) is 59.9 Å². The van der Waals surface area contributed by atoms with Crippen molar-refractivity contribution in [3.8, 4) is 11.5 Å². The molecule has 7 nitrogen and oxygen atoms in total. The zero-order valence-corrected chi connectivity index (χ0v) is 15.3. The van der Waals surface area contributed by atoms with Gasteiger partial charge < -0.3 is 24.7 Å². The molecule has 1 atom stereocenters. The number of carbonyl (C=O) groups excluding carboxylic acids is 1. The second-order valence-electron chi connectivity index (χ2n) is 6.49. The molecule has 146 valence electrons. The molecule has 0 bridgehead atoms. The highest BCUT2D eigenvalue weighted by molar-refractivity contribution is 5.82. The van der Waals surface area contributed by atoms with Crippen LogP contribution in [0.4, 0.5) is 0 Å². The summed E-state index contributed by atoms with van der Waals surface area (Å²) < 4.78 is 11.6. The van der Waals surface area contributed by atoms with E-state index in [0.717, 1.165) is 10.9 Å². The van der Waals surface area contributed by atoms with Crippen LogP contribution in [-0.2, 0) is 16.2 Å². The highest BCUT2D eigenvalue weighted by atomic mass is 16.5. The minimum atomic E-state index is -1.01. The molecule has 1 aromatic heterocycles. The van der Waals surface area contributed by atoms with Crippen molar-refractivity contribution < 1.29 is 29.0 Å². The van der Waals surface area contributed by atoms with E-state index < -0.39 is 5.97 Å². The monoisotopic (exact) mass is 383 g/mol. The molecule has 28 heavy (non-hydrogen) atoms. The van der Waals surface area contributed by atoms with E-state index in [0.29, 0.717) is 23.7 Å². The lowest BCUT2D eigenvalue weighted by Crippen LogP contribution is -2.26. The topological polar surface area (TPSA) is 109 Å². The molecule has 3 aromatic rings. The number of benzene rings is 2. The van der Waals surface area contributed by atoms with Gasteiger partial charge in [0.15, 0.2) is 0 Å². The fraction of sp³-hybridized carbons (Fsp3) is 0.238. The number of phenolic OH excluding ortho intramolecular Hbond substituents is 1. The van der Waals surface area contributed by atoms with Gasteiger partial charge in [-0.1, -0.05) is 12.1 Å². The first-order valence-electron chi connectivity index (χ1n) is 8.86. The SMILES string of the molecule is CC(NC(=O)CCC(=O)O)c1cc2cc(OCc3ccc(O)cc3)ccc2o1. The van der Waals surface area contributed by atoms with Crippen molar-refractivity contribution in [2.75, 3.05) is 0 Å². The second-order valence-corrected chi connectivity index (χ2v) is 6.49. The number of rotatable bonds is 8. The first-order valence-corrected chi connectivity index (χ1v) is 8.86. The Morgan fingerprint density at radius 3 is 2.57 bits per heavy atom. The highest BCUT2D eigenvalue weighted by Gasteiger charge is 2.15. The van der Waals surface area contributed by atoms with Crippen molar-refractivity contribution in [3.63, 3.8) is 0 Å². The predicted molar refractivity (Wildman–Crippen MR) is 102 cm³/mol. The van der Waals surface area contributed by atoms with E-state index in [1.165, 1.54) is 0 Å². The zero-order valence-electron chi connectivity index (χ0n) is 15.3. The minimum Gasteiger partial charge on any atom is -0.508 e. The number of aliphatic carboxylic acids is 1. The number of phenols is 1. The van der Waals surface area contributed by atoms with Crippen LogP contribution in [-0.4, -0.2) is 22.1 Å². The number of carboxylic acid groups (broad SMARTS) is 1. The van der Waals surface area contributed by atoms with Gasteiger partial charge in [-0.15, -0.1) is 0 Å². The molecular weight excluding hydrogens is 362 g/mol. The van der Waals surface area contributed by atoms with Crippen molar-refractivity contribution in [1.82, 2.24) is 5.32 Å². The van der Waals surface area contributed by atoms with Gasteiger partial charge >= 0.3 is 5.97 Å². The third-order valence-corrected chi connectivity index (χ3v) is 4.22. The zero-order chi connectivity index (χ0) is 20.1. The molecule has 0 fully saturated rings. The number of furan rings is 1. The summed E-state index contributed by atoms with van der Waals surface area (Å²) in [6.07, 6.45) is -0.282. The number of fused-ring (bicyclic) bond motifs is 1. The molecule has 1 heterocycles. The van der Waals surface area contributed by atoms with E-state index in [2.05, 4.69) is 5.32 Å². The third-order valence-electron chi connectivity index (χ3n) is 4.22. The summed E-state index contributed by atoms with van der Waals surface area (Å²) in [6.45, 7) is 2.14. The number of nitrogens with one attached hydrogen (secondary N) is 1. The van der Waals surface area contributed by atoms with Crippen LogP contribution >= 0.6 is 0 Å². The Bertz CT molecular complexity index is 976. The van der Waals surface area contributed by atoms with Gasteiger partial charge in [0.1, 0.15) is 29.4 Å². The average Bonchev–Trinajstić information content (AvgIpc) is 3.09. The molecule has 1 unspecified atom stereocenters. The number of carbonyl (C=O) groups is 2. The van der Waals surface area contributed by atoms with Crippen LogP contribution in [0, 0.1) is 0 Å². The maximum Gasteiger partial charge on any atom is 0.303 e. The predicted octanol–water partition coefficient (Wildman–Crippen LogP) is 3.76. The number of ether oxygens (including phenoxy) is 1. The Morgan fingerprint density at radius 2 is 1.86 bits per heavy atom. The van der Waals surface area contributed by atoms with Crippen molar-refractivity contribution in [2.24, 2.45) is 0 Å². The van der Waals surface area contributed by atoms with Gasteiger partial charge in [0, 0.05) is 11.8 Å². The van der Waals surface area contributed by atoms with Crippen molar-refractivity contribution >= 4 is 22.8 Å². The number of hydrogen-bond donors (Lipinski definition) is 3. The van der Waals surface area contributed by atoms with Gasteiger partial charge in [-0.2, -0.15) is 0 Å². The number of amides is 1. The lowest BCUT2D eigenvalue weighted by atomic mass is 10.2. The molecule has 0 aliphatic heterocycles. The fourth-order valence-electron chi connectivity index (χ4n) is 2.71. The highest BCUT2D eigenvalue weighted by Crippen LogP contribution is 2.28. The van der Waals surface area contributed by atoms with Crippen LogP contribution in [0.1, 0.15) is 37.1 Å². The first-order chi connectivity index (χ1) is 13.4. The van der Waals surface area contributed by atoms with Crippen LogP contribution in [0.15, 0.2) is 52.9 Å². The standard InChI is InChI=1S/C21H21NO6/c1-13(22-20(24)8-9-21(25)26)19-11-15-10-17(6-7-18(15)28-19)27-12-14-2-4-16(23)5-3-14/h2-7,10-11,13,23H,8-9,12H2,1H3,(H,22,24)(H,25,26). The second kappa shape index (κ2) is 8.47. The van der Waals surface area contributed by atoms with E-state index in [-0.39, 0.29) is 30.5 Å². The molecule has 2 aromatic carbocycles. The van der Waals surface area contributed by atoms with Crippen LogP contribution in [0.3, 0.4) is 0 Å². The lowest BCUT2D eigenvalue weighted by molar-refractivity contribution is -0.138.